The molecule has 2 aromatic carbocycles. The monoisotopic (exact) mass is 349 g/mol. The van der Waals surface area contributed by atoms with Crippen molar-refractivity contribution in [1.29, 1.82) is 0 Å². The summed E-state index contributed by atoms with van der Waals surface area (Å²) < 4.78 is 13.1. The third kappa shape index (κ3) is 3.69. The van der Waals surface area contributed by atoms with Gasteiger partial charge in [0.25, 0.3) is 5.91 Å². The summed E-state index contributed by atoms with van der Waals surface area (Å²) in [7, 11) is 0. The van der Waals surface area contributed by atoms with Crippen molar-refractivity contribution >= 4 is 5.91 Å². The van der Waals surface area contributed by atoms with Gasteiger partial charge < -0.3 is 14.8 Å². The SMILES string of the molecule is O=C(NCc1cnn(Cc2ccccc2)c1)[C@H]1COc2ccccc2O1. The topological polar surface area (TPSA) is 65.4 Å². The van der Waals surface area contributed by atoms with Crippen LogP contribution in [0.15, 0.2) is 67.0 Å². The van der Waals surface area contributed by atoms with Crippen molar-refractivity contribution in [2.75, 3.05) is 6.61 Å². The van der Waals surface area contributed by atoms with E-state index < -0.39 is 6.10 Å². The second kappa shape index (κ2) is 7.31. The number of amides is 1. The maximum Gasteiger partial charge on any atom is 0.264 e. The van der Waals surface area contributed by atoms with E-state index in [1.54, 1.807) is 12.3 Å². The molecule has 1 amide bonds. The molecular weight excluding hydrogens is 330 g/mol. The molecule has 0 saturated carbocycles. The number of rotatable bonds is 5. The minimum Gasteiger partial charge on any atom is -0.485 e. The zero-order chi connectivity index (χ0) is 17.8. The minimum atomic E-state index is -0.649. The van der Waals surface area contributed by atoms with E-state index in [-0.39, 0.29) is 12.5 Å². The van der Waals surface area contributed by atoms with Crippen LogP contribution in [0, 0.1) is 0 Å². The summed E-state index contributed by atoms with van der Waals surface area (Å²) in [5.74, 6) is 1.06. The summed E-state index contributed by atoms with van der Waals surface area (Å²) in [6, 6.07) is 17.5. The molecule has 0 aliphatic carbocycles. The first-order valence-corrected chi connectivity index (χ1v) is 8.49. The first-order chi connectivity index (χ1) is 12.8. The number of nitrogens with one attached hydrogen (secondary N) is 1. The Morgan fingerprint density at radius 1 is 1.08 bits per heavy atom. The van der Waals surface area contributed by atoms with Gasteiger partial charge in [0.05, 0.1) is 12.7 Å². The lowest BCUT2D eigenvalue weighted by atomic mass is 10.2. The second-order valence-electron chi connectivity index (χ2n) is 6.11. The van der Waals surface area contributed by atoms with Crippen LogP contribution in [0.5, 0.6) is 11.5 Å². The van der Waals surface area contributed by atoms with E-state index in [1.807, 2.05) is 47.3 Å². The van der Waals surface area contributed by atoms with Gasteiger partial charge in [0, 0.05) is 18.3 Å². The number of hydrogen-bond donors (Lipinski definition) is 1. The number of benzene rings is 2. The Morgan fingerprint density at radius 3 is 2.69 bits per heavy atom. The molecule has 0 spiro atoms. The van der Waals surface area contributed by atoms with Crippen LogP contribution < -0.4 is 14.8 Å². The van der Waals surface area contributed by atoms with Crippen molar-refractivity contribution in [2.24, 2.45) is 0 Å². The predicted octanol–water partition coefficient (Wildman–Crippen LogP) is 2.39. The van der Waals surface area contributed by atoms with E-state index in [0.717, 1.165) is 5.56 Å². The second-order valence-corrected chi connectivity index (χ2v) is 6.11. The zero-order valence-electron chi connectivity index (χ0n) is 14.2. The van der Waals surface area contributed by atoms with Crippen LogP contribution in [0.3, 0.4) is 0 Å². The molecule has 6 heteroatoms. The average molecular weight is 349 g/mol. The minimum absolute atomic E-state index is 0.199. The van der Waals surface area contributed by atoms with Crippen molar-refractivity contribution in [1.82, 2.24) is 15.1 Å². The molecule has 132 valence electrons. The highest BCUT2D eigenvalue weighted by Gasteiger charge is 2.26. The molecule has 1 N–H and O–H groups in total. The summed E-state index contributed by atoms with van der Waals surface area (Å²) in [4.78, 5) is 12.3. The standard InChI is InChI=1S/C20H19N3O3/c24-20(19-14-25-17-8-4-5-9-18(17)26-19)21-10-16-11-22-23(13-16)12-15-6-2-1-3-7-15/h1-9,11,13,19H,10,12,14H2,(H,21,24)/t19-/m1/s1. The summed E-state index contributed by atoms with van der Waals surface area (Å²) in [5.41, 5.74) is 2.11. The molecule has 4 rings (SSSR count). The molecule has 26 heavy (non-hydrogen) atoms. The lowest BCUT2D eigenvalue weighted by Gasteiger charge is -2.25. The van der Waals surface area contributed by atoms with Gasteiger partial charge in [-0.1, -0.05) is 42.5 Å². The Kier molecular flexibility index (Phi) is 4.55. The third-order valence-corrected chi connectivity index (χ3v) is 4.14. The van der Waals surface area contributed by atoms with Gasteiger partial charge in [-0.05, 0) is 17.7 Å². The van der Waals surface area contributed by atoms with E-state index in [0.29, 0.717) is 24.6 Å². The Morgan fingerprint density at radius 2 is 1.85 bits per heavy atom. The molecule has 0 bridgehead atoms. The number of para-hydroxylation sites is 2. The highest BCUT2D eigenvalue weighted by molar-refractivity contribution is 5.81. The van der Waals surface area contributed by atoms with Crippen molar-refractivity contribution in [2.45, 2.75) is 19.2 Å². The third-order valence-electron chi connectivity index (χ3n) is 4.14. The Bertz CT molecular complexity index is 892. The van der Waals surface area contributed by atoms with Crippen LogP contribution in [-0.4, -0.2) is 28.4 Å². The molecule has 6 nitrogen and oxygen atoms in total. The van der Waals surface area contributed by atoms with E-state index in [1.165, 1.54) is 5.56 Å². The van der Waals surface area contributed by atoms with Crippen LogP contribution in [0.1, 0.15) is 11.1 Å². The van der Waals surface area contributed by atoms with Crippen molar-refractivity contribution in [3.8, 4) is 11.5 Å². The molecule has 3 aromatic rings. The Labute approximate surface area is 151 Å². The van der Waals surface area contributed by atoms with Crippen LogP contribution >= 0.6 is 0 Å². The number of ether oxygens (including phenoxy) is 2. The fourth-order valence-electron chi connectivity index (χ4n) is 2.81. The molecule has 0 fully saturated rings. The van der Waals surface area contributed by atoms with Crippen molar-refractivity contribution in [3.63, 3.8) is 0 Å². The van der Waals surface area contributed by atoms with Crippen LogP contribution in [0.4, 0.5) is 0 Å². The van der Waals surface area contributed by atoms with E-state index in [9.17, 15) is 4.79 Å². The Hall–Kier alpha value is -3.28. The number of aromatic nitrogens is 2. The fraction of sp³-hybridized carbons (Fsp3) is 0.200. The molecular formula is C20H19N3O3. The van der Waals surface area contributed by atoms with E-state index in [4.69, 9.17) is 9.47 Å². The van der Waals surface area contributed by atoms with Crippen molar-refractivity contribution in [3.05, 3.63) is 78.1 Å². The molecule has 1 atom stereocenters. The first-order valence-electron chi connectivity index (χ1n) is 8.49. The number of fused-ring (bicyclic) bond motifs is 1. The maximum absolute atomic E-state index is 12.3. The van der Waals surface area contributed by atoms with Crippen LogP contribution in [-0.2, 0) is 17.9 Å². The van der Waals surface area contributed by atoms with Gasteiger partial charge in [0.1, 0.15) is 6.61 Å². The lowest BCUT2D eigenvalue weighted by Crippen LogP contribution is -2.43. The predicted molar refractivity (Wildman–Crippen MR) is 96.0 cm³/mol. The van der Waals surface area contributed by atoms with Gasteiger partial charge in [-0.15, -0.1) is 0 Å². The van der Waals surface area contributed by atoms with Gasteiger partial charge in [0.15, 0.2) is 11.5 Å². The zero-order valence-corrected chi connectivity index (χ0v) is 14.2. The number of carbonyl (C=O) groups excluding carboxylic acids is 1. The summed E-state index contributed by atoms with van der Waals surface area (Å²) in [5, 5.41) is 7.22. The van der Waals surface area contributed by atoms with Gasteiger partial charge in [0.2, 0.25) is 6.10 Å². The average Bonchev–Trinajstić information content (AvgIpc) is 3.14. The quantitative estimate of drug-likeness (QED) is 0.768. The van der Waals surface area contributed by atoms with Crippen LogP contribution in [0.25, 0.3) is 0 Å². The first kappa shape index (κ1) is 16.2. The van der Waals surface area contributed by atoms with E-state index in [2.05, 4.69) is 22.5 Å². The van der Waals surface area contributed by atoms with Gasteiger partial charge in [-0.25, -0.2) is 0 Å². The fourth-order valence-corrected chi connectivity index (χ4v) is 2.81. The number of carbonyl (C=O) groups is 1. The summed E-state index contributed by atoms with van der Waals surface area (Å²) in [6.45, 7) is 1.30. The molecule has 1 aliphatic heterocycles. The lowest BCUT2D eigenvalue weighted by molar-refractivity contribution is -0.130. The maximum atomic E-state index is 12.3. The largest absolute Gasteiger partial charge is 0.485 e. The van der Waals surface area contributed by atoms with Crippen molar-refractivity contribution < 1.29 is 14.3 Å². The molecule has 0 saturated heterocycles. The molecule has 0 unspecified atom stereocenters. The van der Waals surface area contributed by atoms with Crippen LogP contribution in [0.2, 0.25) is 0 Å². The Balaban J connectivity index is 1.31. The van der Waals surface area contributed by atoms with E-state index >= 15 is 0 Å². The summed E-state index contributed by atoms with van der Waals surface area (Å²) in [6.07, 6.45) is 3.04. The smallest absolute Gasteiger partial charge is 0.264 e. The highest BCUT2D eigenvalue weighted by atomic mass is 16.6. The molecule has 1 aromatic heterocycles. The molecule has 2 heterocycles. The number of nitrogens with zero attached hydrogens (tertiary/aromatic N) is 2. The number of hydrogen-bond acceptors (Lipinski definition) is 4. The van der Waals surface area contributed by atoms with Gasteiger partial charge in [-0.3, -0.25) is 9.48 Å². The summed E-state index contributed by atoms with van der Waals surface area (Å²) >= 11 is 0. The van der Waals surface area contributed by atoms with Gasteiger partial charge in [-0.2, -0.15) is 5.10 Å². The molecule has 1 aliphatic rings. The van der Waals surface area contributed by atoms with Gasteiger partial charge >= 0.3 is 0 Å². The molecule has 0 radical (unpaired) electrons. The highest BCUT2D eigenvalue weighted by Crippen LogP contribution is 2.30. The normalized spacial score (nSPS) is 15.5.